The van der Waals surface area contributed by atoms with Crippen LogP contribution >= 0.6 is 23.2 Å². The number of benzene rings is 1. The number of Topliss-reactive ketones (excluding diaryl/α,β-unsaturated/α-hetero) is 1. The predicted molar refractivity (Wildman–Crippen MR) is 158 cm³/mol. The molecule has 3 aromatic rings. The topological polar surface area (TPSA) is 160 Å². The number of furan rings is 1. The predicted octanol–water partition coefficient (Wildman–Crippen LogP) is 4.07. The van der Waals surface area contributed by atoms with Crippen LogP contribution in [0, 0.1) is 0 Å². The van der Waals surface area contributed by atoms with E-state index in [0.29, 0.717) is 76.3 Å². The molecule has 1 aliphatic heterocycles. The van der Waals surface area contributed by atoms with Crippen LogP contribution in [-0.4, -0.2) is 102 Å². The summed E-state index contributed by atoms with van der Waals surface area (Å²) in [6.07, 6.45) is 4.00. The number of carbonyl (C=O) groups excluding carboxylic acids is 2. The van der Waals surface area contributed by atoms with E-state index in [9.17, 15) is 19.2 Å². The number of aliphatic carboxylic acids is 2. The molecular weight excluding hydrogens is 605 g/mol. The number of ether oxygens (including phenoxy) is 2. The molecule has 2 N–H and O–H groups in total. The highest BCUT2D eigenvalue weighted by Crippen LogP contribution is 2.34. The number of rotatable bonds is 11. The van der Waals surface area contributed by atoms with Crippen LogP contribution in [0.1, 0.15) is 33.4 Å². The molecule has 0 unspecified atom stereocenters. The molecule has 43 heavy (non-hydrogen) atoms. The average molecular weight is 636 g/mol. The van der Waals surface area contributed by atoms with E-state index in [2.05, 4.69) is 9.88 Å². The quantitative estimate of drug-likeness (QED) is 0.177. The molecule has 0 spiro atoms. The third kappa shape index (κ3) is 9.26. The van der Waals surface area contributed by atoms with Crippen molar-refractivity contribution in [2.75, 3.05) is 53.0 Å². The fraction of sp³-hybridized carbons (Fsp3) is 0.345. The molecule has 4 rings (SSSR count). The fourth-order valence-corrected chi connectivity index (χ4v) is 4.78. The number of carboxylic acid groups (broad SMARTS) is 2. The monoisotopic (exact) mass is 635 g/mol. The number of aromatic nitrogens is 1. The van der Waals surface area contributed by atoms with Crippen LogP contribution in [0.5, 0.6) is 5.75 Å². The number of fused-ring (bicyclic) bond motifs is 1. The molecule has 0 bridgehead atoms. The van der Waals surface area contributed by atoms with Crippen molar-refractivity contribution in [3.8, 4) is 5.75 Å². The number of halogens is 2. The number of hydrogen-bond donors (Lipinski definition) is 2. The first-order valence-electron chi connectivity index (χ1n) is 13.2. The minimum Gasteiger partial charge on any atom is -0.493 e. The lowest BCUT2D eigenvalue weighted by Crippen LogP contribution is -2.49. The number of methoxy groups -OCH3 is 1. The first kappa shape index (κ1) is 33.5. The van der Waals surface area contributed by atoms with Crippen LogP contribution < -0.4 is 4.74 Å². The molecule has 3 heterocycles. The summed E-state index contributed by atoms with van der Waals surface area (Å²) in [6, 6.07) is 4.93. The molecule has 14 heteroatoms. The van der Waals surface area contributed by atoms with E-state index < -0.39 is 11.9 Å². The Labute approximate surface area is 257 Å². The summed E-state index contributed by atoms with van der Waals surface area (Å²) in [6.45, 7) is 6.89. The second-order valence-corrected chi connectivity index (χ2v) is 10.0. The van der Waals surface area contributed by atoms with Gasteiger partial charge in [0.25, 0.3) is 5.91 Å². The van der Waals surface area contributed by atoms with Gasteiger partial charge in [-0.15, -0.1) is 0 Å². The largest absolute Gasteiger partial charge is 0.493 e. The highest BCUT2D eigenvalue weighted by molar-refractivity contribution is 6.36. The van der Waals surface area contributed by atoms with E-state index in [4.69, 9.17) is 47.3 Å². The van der Waals surface area contributed by atoms with E-state index in [1.54, 1.807) is 23.1 Å². The maximum atomic E-state index is 13.2. The van der Waals surface area contributed by atoms with Gasteiger partial charge in [0, 0.05) is 86.8 Å². The molecule has 12 nitrogen and oxygen atoms in total. The van der Waals surface area contributed by atoms with Gasteiger partial charge in [0.15, 0.2) is 22.9 Å². The molecule has 0 radical (unpaired) electrons. The van der Waals surface area contributed by atoms with Crippen molar-refractivity contribution < 1.29 is 43.3 Å². The Morgan fingerprint density at radius 2 is 1.65 bits per heavy atom. The average Bonchev–Trinajstić information content (AvgIpc) is 3.43. The molecule has 0 atom stereocenters. The number of piperazine rings is 1. The Bertz CT molecular complexity index is 1460. The number of nitrogens with zero attached hydrogens (tertiary/aromatic N) is 3. The number of hydrogen-bond acceptors (Lipinski definition) is 9. The highest BCUT2D eigenvalue weighted by atomic mass is 35.5. The van der Waals surface area contributed by atoms with Crippen LogP contribution in [0.2, 0.25) is 10.0 Å². The smallest absolute Gasteiger partial charge is 0.328 e. The lowest BCUT2D eigenvalue weighted by atomic mass is 10.00. The third-order valence-corrected chi connectivity index (χ3v) is 7.10. The molecule has 1 saturated heterocycles. The van der Waals surface area contributed by atoms with Crippen molar-refractivity contribution in [2.24, 2.45) is 0 Å². The van der Waals surface area contributed by atoms with Gasteiger partial charge in [-0.1, -0.05) is 23.2 Å². The minimum absolute atomic E-state index is 0.0141. The number of pyridine rings is 1. The molecular formula is C29H31Cl2N3O9. The van der Waals surface area contributed by atoms with Gasteiger partial charge in [-0.2, -0.15) is 0 Å². The van der Waals surface area contributed by atoms with Gasteiger partial charge in [-0.05, 0) is 25.1 Å². The normalized spacial score (nSPS) is 13.5. The first-order chi connectivity index (χ1) is 20.5. The molecule has 1 aliphatic rings. The summed E-state index contributed by atoms with van der Waals surface area (Å²) < 4.78 is 16.8. The van der Waals surface area contributed by atoms with Gasteiger partial charge in [0.1, 0.15) is 0 Å². The lowest BCUT2D eigenvalue weighted by Gasteiger charge is -2.34. The van der Waals surface area contributed by atoms with Gasteiger partial charge < -0.3 is 29.0 Å². The molecule has 1 aromatic carbocycles. The van der Waals surface area contributed by atoms with E-state index in [-0.39, 0.29) is 23.9 Å². The van der Waals surface area contributed by atoms with Gasteiger partial charge in [-0.25, -0.2) is 9.59 Å². The van der Waals surface area contributed by atoms with Crippen LogP contribution in [-0.2, 0) is 20.7 Å². The van der Waals surface area contributed by atoms with Gasteiger partial charge >= 0.3 is 11.9 Å². The van der Waals surface area contributed by atoms with Crippen LogP contribution in [0.15, 0.2) is 47.2 Å². The van der Waals surface area contributed by atoms with Gasteiger partial charge in [0.2, 0.25) is 0 Å². The third-order valence-electron chi connectivity index (χ3n) is 6.45. The lowest BCUT2D eigenvalue weighted by molar-refractivity contribution is -0.134. The second-order valence-electron chi connectivity index (χ2n) is 9.19. The van der Waals surface area contributed by atoms with Crippen molar-refractivity contribution in [3.05, 3.63) is 69.7 Å². The van der Waals surface area contributed by atoms with E-state index in [1.807, 2.05) is 6.92 Å². The number of carboxylic acids is 2. The Hall–Kier alpha value is -3.97. The van der Waals surface area contributed by atoms with Crippen LogP contribution in [0.3, 0.4) is 0 Å². The summed E-state index contributed by atoms with van der Waals surface area (Å²) in [5, 5.41) is 16.8. The number of carbonyl (C=O) groups is 4. The zero-order valence-electron chi connectivity index (χ0n) is 23.5. The summed E-state index contributed by atoms with van der Waals surface area (Å²) in [5.41, 5.74) is 1.25. The van der Waals surface area contributed by atoms with Crippen molar-refractivity contribution in [1.29, 1.82) is 0 Å². The summed E-state index contributed by atoms with van der Waals surface area (Å²) in [4.78, 5) is 53.5. The Kier molecular flexibility index (Phi) is 12.5. The van der Waals surface area contributed by atoms with E-state index in [1.165, 1.54) is 19.5 Å². The zero-order valence-corrected chi connectivity index (χ0v) is 25.1. The Balaban J connectivity index is 0.000000557. The summed E-state index contributed by atoms with van der Waals surface area (Å²) in [7, 11) is 1.51. The first-order valence-corrected chi connectivity index (χ1v) is 14.0. The van der Waals surface area contributed by atoms with Crippen molar-refractivity contribution in [1.82, 2.24) is 14.8 Å². The van der Waals surface area contributed by atoms with Crippen LogP contribution in [0.25, 0.3) is 11.0 Å². The minimum atomic E-state index is -1.26. The molecule has 1 amide bonds. The van der Waals surface area contributed by atoms with Crippen molar-refractivity contribution >= 4 is 57.8 Å². The Morgan fingerprint density at radius 3 is 2.21 bits per heavy atom. The van der Waals surface area contributed by atoms with Crippen molar-refractivity contribution in [2.45, 2.75) is 13.3 Å². The van der Waals surface area contributed by atoms with Gasteiger partial charge in [0.05, 0.1) is 23.8 Å². The van der Waals surface area contributed by atoms with E-state index >= 15 is 0 Å². The van der Waals surface area contributed by atoms with Crippen LogP contribution in [0.4, 0.5) is 0 Å². The molecule has 1 fully saturated rings. The molecule has 230 valence electrons. The summed E-state index contributed by atoms with van der Waals surface area (Å²) >= 11 is 12.4. The van der Waals surface area contributed by atoms with E-state index in [0.717, 1.165) is 19.6 Å². The number of amides is 1. The second kappa shape index (κ2) is 16.0. The highest BCUT2D eigenvalue weighted by Gasteiger charge is 2.27. The van der Waals surface area contributed by atoms with Gasteiger partial charge in [-0.3, -0.25) is 19.5 Å². The summed E-state index contributed by atoms with van der Waals surface area (Å²) in [5.74, 6) is -2.33. The maximum absolute atomic E-state index is 13.2. The number of ketones is 1. The standard InChI is InChI=1S/C25H27Cl2N3O5.C4H4O4/c1-3-34-11-10-29-6-8-30(9-7-29)25(32)23-13-17-16(4-5-22(33-2)24(17)35-23)21(31)12-18-19(26)14-28-15-20(18)27;5-3(6)1-2-4(7)8/h4-5,13-15H,3,6-12H2,1-2H3;1-2H,(H,5,6)(H,7,8)/b;2-1+. The zero-order chi connectivity index (χ0) is 31.5. The SMILES string of the molecule is CCOCCN1CCN(C(=O)c2cc3c(C(=O)Cc4c(Cl)cncc4Cl)ccc(OC)c3o2)CC1.O=C(O)/C=C/C(=O)O. The molecule has 0 saturated carbocycles. The molecule has 0 aliphatic carbocycles. The molecule has 2 aromatic heterocycles. The fourth-order valence-electron chi connectivity index (χ4n) is 4.28. The Morgan fingerprint density at radius 1 is 1.02 bits per heavy atom. The van der Waals surface area contributed by atoms with Crippen molar-refractivity contribution in [3.63, 3.8) is 0 Å². The maximum Gasteiger partial charge on any atom is 0.328 e.